The molecule has 0 amide bonds. The zero-order valence-electron chi connectivity index (χ0n) is 22.1. The van der Waals surface area contributed by atoms with Gasteiger partial charge in [-0.1, -0.05) is 36.4 Å². The van der Waals surface area contributed by atoms with E-state index in [0.717, 1.165) is 17.1 Å². The Hall–Kier alpha value is -3.58. The molecule has 11 nitrogen and oxygen atoms in total. The van der Waals surface area contributed by atoms with Crippen LogP contribution in [0.4, 0.5) is 19.0 Å². The predicted octanol–water partition coefficient (Wildman–Crippen LogP) is 4.69. The number of nitrogens with two attached hydrogens (primary N) is 1. The van der Waals surface area contributed by atoms with Crippen molar-refractivity contribution in [1.29, 1.82) is 0 Å². The van der Waals surface area contributed by atoms with Gasteiger partial charge in [-0.15, -0.1) is 0 Å². The number of carbonyl (C=O) groups excluding carboxylic acids is 1. The fourth-order valence-electron chi connectivity index (χ4n) is 4.45. The zero-order chi connectivity index (χ0) is 29.1. The Bertz CT molecular complexity index is 1520. The molecule has 218 valence electrons. The van der Waals surface area contributed by atoms with Gasteiger partial charge in [0.2, 0.25) is 0 Å². The standard InChI is InChI=1S/C26H28F3N6O5P/c1-15(2)38-20(36)11-34-41(40-19-9-5-7-16-6-3-4-8-17(16)19)37-12-26(25(28)29)10-18(27)24(39-26)35-14-33-21-22(30)31-13-32-23(21)35/h3-9,13-15,18,24-25,34H,10-12H2,1-2H3,(H2,30,31,32). The van der Waals surface area contributed by atoms with Gasteiger partial charge in [0.1, 0.15) is 30.3 Å². The Morgan fingerprint density at radius 1 is 1.22 bits per heavy atom. The van der Waals surface area contributed by atoms with Crippen LogP contribution >= 0.6 is 8.53 Å². The van der Waals surface area contributed by atoms with Crippen LogP contribution in [-0.2, 0) is 18.8 Å². The van der Waals surface area contributed by atoms with Gasteiger partial charge in [-0.05, 0) is 25.3 Å². The van der Waals surface area contributed by atoms with Crippen molar-refractivity contribution in [3.8, 4) is 5.75 Å². The van der Waals surface area contributed by atoms with Gasteiger partial charge in [-0.25, -0.2) is 33.2 Å². The number of rotatable bonds is 11. The molecule has 41 heavy (non-hydrogen) atoms. The van der Waals surface area contributed by atoms with Crippen LogP contribution in [0.15, 0.2) is 55.1 Å². The summed E-state index contributed by atoms with van der Waals surface area (Å²) in [5, 5.41) is 4.43. The highest BCUT2D eigenvalue weighted by Gasteiger charge is 2.55. The minimum absolute atomic E-state index is 0.0592. The van der Waals surface area contributed by atoms with Gasteiger partial charge in [0, 0.05) is 11.8 Å². The van der Waals surface area contributed by atoms with E-state index in [-0.39, 0.29) is 29.6 Å². The fourth-order valence-corrected chi connectivity index (χ4v) is 5.59. The number of nitrogens with zero attached hydrogens (tertiary/aromatic N) is 4. The van der Waals surface area contributed by atoms with Crippen LogP contribution in [0, 0.1) is 0 Å². The number of hydrogen-bond acceptors (Lipinski definition) is 10. The highest BCUT2D eigenvalue weighted by atomic mass is 31.2. The van der Waals surface area contributed by atoms with E-state index in [1.54, 1.807) is 26.0 Å². The summed E-state index contributed by atoms with van der Waals surface area (Å²) in [6.45, 7) is 2.34. The number of nitrogen functional groups attached to an aromatic ring is 1. The molecular formula is C26H28F3N6O5P. The number of benzene rings is 2. The predicted molar refractivity (Wildman–Crippen MR) is 145 cm³/mol. The van der Waals surface area contributed by atoms with Crippen molar-refractivity contribution < 1.29 is 36.5 Å². The van der Waals surface area contributed by atoms with Crippen LogP contribution in [0.3, 0.4) is 0 Å². The number of carbonyl (C=O) groups is 1. The van der Waals surface area contributed by atoms with Crippen molar-refractivity contribution >= 4 is 42.2 Å². The number of esters is 1. The van der Waals surface area contributed by atoms with Crippen LogP contribution in [0.5, 0.6) is 5.75 Å². The summed E-state index contributed by atoms with van der Waals surface area (Å²) in [5.41, 5.74) is 3.81. The number of anilines is 1. The van der Waals surface area contributed by atoms with E-state index in [0.29, 0.717) is 5.75 Å². The molecule has 4 atom stereocenters. The summed E-state index contributed by atoms with van der Waals surface area (Å²) in [6, 6.07) is 12.7. The SMILES string of the molecule is CC(C)OC(=O)CNP(OCC1(C(F)F)CC(F)C(n2cnc3c(N)ncnc32)O1)Oc1cccc2ccccc12. The largest absolute Gasteiger partial charge is 0.462 e. The fraction of sp³-hybridized carbons (Fsp3) is 0.385. The van der Waals surface area contributed by atoms with Gasteiger partial charge < -0.3 is 24.3 Å². The molecule has 2 aromatic heterocycles. The van der Waals surface area contributed by atoms with E-state index in [1.807, 2.05) is 30.3 Å². The van der Waals surface area contributed by atoms with E-state index in [4.69, 9.17) is 24.3 Å². The summed E-state index contributed by atoms with van der Waals surface area (Å²) in [7, 11) is -2.19. The smallest absolute Gasteiger partial charge is 0.320 e. The second-order valence-electron chi connectivity index (χ2n) is 9.65. The molecule has 0 radical (unpaired) electrons. The minimum Gasteiger partial charge on any atom is -0.462 e. The summed E-state index contributed by atoms with van der Waals surface area (Å²) >= 11 is 0. The molecule has 1 saturated heterocycles. The third-order valence-corrected chi connectivity index (χ3v) is 7.48. The van der Waals surface area contributed by atoms with Gasteiger partial charge in [-0.3, -0.25) is 9.36 Å². The zero-order valence-corrected chi connectivity index (χ0v) is 23.0. The lowest BCUT2D eigenvalue weighted by atomic mass is 10.0. The number of imidazole rings is 1. The highest BCUT2D eigenvalue weighted by molar-refractivity contribution is 7.45. The molecule has 1 fully saturated rings. The second-order valence-corrected chi connectivity index (χ2v) is 10.9. The van der Waals surface area contributed by atoms with Crippen LogP contribution in [-0.4, -0.2) is 62.9 Å². The molecule has 0 bridgehead atoms. The quantitative estimate of drug-likeness (QED) is 0.187. The summed E-state index contributed by atoms with van der Waals surface area (Å²) < 4.78 is 68.3. The number of nitrogens with one attached hydrogen (secondary N) is 1. The Balaban J connectivity index is 1.37. The molecule has 1 aliphatic heterocycles. The second kappa shape index (κ2) is 12.1. The van der Waals surface area contributed by atoms with Crippen molar-refractivity contribution in [2.75, 3.05) is 18.9 Å². The van der Waals surface area contributed by atoms with E-state index < -0.39 is 51.9 Å². The van der Waals surface area contributed by atoms with Gasteiger partial charge >= 0.3 is 14.5 Å². The first-order valence-corrected chi connectivity index (χ1v) is 13.9. The number of aromatic nitrogens is 4. The average Bonchev–Trinajstić information content (AvgIpc) is 3.52. The molecule has 4 unspecified atom stereocenters. The van der Waals surface area contributed by atoms with Crippen molar-refractivity contribution in [3.63, 3.8) is 0 Å². The number of halogens is 3. The van der Waals surface area contributed by atoms with E-state index in [9.17, 15) is 13.6 Å². The first kappa shape index (κ1) is 28.9. The van der Waals surface area contributed by atoms with E-state index >= 15 is 4.39 Å². The lowest BCUT2D eigenvalue weighted by Crippen LogP contribution is -2.42. The van der Waals surface area contributed by atoms with Crippen LogP contribution in [0.2, 0.25) is 0 Å². The van der Waals surface area contributed by atoms with Crippen molar-refractivity contribution in [3.05, 3.63) is 55.1 Å². The van der Waals surface area contributed by atoms with Gasteiger partial charge in [0.15, 0.2) is 23.3 Å². The topological polar surface area (TPSA) is 136 Å². The maximum absolute atomic E-state index is 15.3. The maximum atomic E-state index is 15.3. The normalized spacial score (nSPS) is 21.6. The number of hydrogen-bond donors (Lipinski definition) is 2. The van der Waals surface area contributed by atoms with E-state index in [2.05, 4.69) is 20.0 Å². The minimum atomic E-state index is -3.12. The van der Waals surface area contributed by atoms with Crippen molar-refractivity contribution in [1.82, 2.24) is 24.6 Å². The molecule has 5 rings (SSSR count). The van der Waals surface area contributed by atoms with Crippen molar-refractivity contribution in [2.24, 2.45) is 0 Å². The lowest BCUT2D eigenvalue weighted by molar-refractivity contribution is -0.166. The molecule has 1 aliphatic rings. The Kier molecular flexibility index (Phi) is 8.55. The lowest BCUT2D eigenvalue weighted by Gasteiger charge is -2.30. The molecule has 0 aliphatic carbocycles. The Labute approximate surface area is 234 Å². The first-order chi connectivity index (χ1) is 19.7. The first-order valence-electron chi connectivity index (χ1n) is 12.7. The molecule has 0 spiro atoms. The van der Waals surface area contributed by atoms with Crippen LogP contribution < -0.4 is 15.3 Å². The molecule has 15 heteroatoms. The molecule has 2 aromatic carbocycles. The highest BCUT2D eigenvalue weighted by Crippen LogP contribution is 2.46. The van der Waals surface area contributed by atoms with Gasteiger partial charge in [0.25, 0.3) is 6.43 Å². The number of ether oxygens (including phenoxy) is 2. The van der Waals surface area contributed by atoms with Crippen LogP contribution in [0.25, 0.3) is 21.9 Å². The number of fused-ring (bicyclic) bond motifs is 2. The summed E-state index contributed by atoms with van der Waals surface area (Å²) in [4.78, 5) is 24.2. The Morgan fingerprint density at radius 3 is 2.78 bits per heavy atom. The molecule has 4 aromatic rings. The van der Waals surface area contributed by atoms with Gasteiger partial charge in [-0.2, -0.15) is 0 Å². The molecular weight excluding hydrogens is 564 g/mol. The molecule has 3 N–H and O–H groups in total. The maximum Gasteiger partial charge on any atom is 0.320 e. The number of alkyl halides is 3. The van der Waals surface area contributed by atoms with E-state index in [1.165, 1.54) is 10.9 Å². The monoisotopic (exact) mass is 592 g/mol. The third-order valence-electron chi connectivity index (χ3n) is 6.34. The average molecular weight is 593 g/mol. The summed E-state index contributed by atoms with van der Waals surface area (Å²) in [6.07, 6.45) is -5.10. The van der Waals surface area contributed by atoms with Crippen molar-refractivity contribution in [2.45, 2.75) is 50.8 Å². The molecule has 0 saturated carbocycles. The molecule has 3 heterocycles. The van der Waals surface area contributed by atoms with Gasteiger partial charge in [0.05, 0.1) is 19.0 Å². The third kappa shape index (κ3) is 6.20. The summed E-state index contributed by atoms with van der Waals surface area (Å²) in [5.74, 6) is -0.125. The Morgan fingerprint density at radius 2 is 2.00 bits per heavy atom. The van der Waals surface area contributed by atoms with Crippen LogP contribution in [0.1, 0.15) is 26.5 Å².